The highest BCUT2D eigenvalue weighted by molar-refractivity contribution is 6.41. The van der Waals surface area contributed by atoms with Gasteiger partial charge in [-0.15, -0.1) is 0 Å². The summed E-state index contributed by atoms with van der Waals surface area (Å²) in [5, 5.41) is 15.6. The van der Waals surface area contributed by atoms with Gasteiger partial charge in [0.05, 0.1) is 22.9 Å². The molecule has 2 aromatic rings. The molecule has 6 heteroatoms. The first-order valence-corrected chi connectivity index (χ1v) is 7.97. The van der Waals surface area contributed by atoms with Crippen LogP contribution in [0.2, 0.25) is 5.02 Å². The molecule has 0 bridgehead atoms. The normalized spacial score (nSPS) is 18.8. The van der Waals surface area contributed by atoms with Gasteiger partial charge in [0.25, 0.3) is 0 Å². The molecule has 2 unspecified atom stereocenters. The molecule has 3 N–H and O–H groups in total. The number of halogens is 1. The summed E-state index contributed by atoms with van der Waals surface area (Å²) < 4.78 is 0. The fourth-order valence-electron chi connectivity index (χ4n) is 2.86. The number of carbonyl (C=O) groups is 2. The minimum Gasteiger partial charge on any atom is -0.390 e. The summed E-state index contributed by atoms with van der Waals surface area (Å²) in [5.41, 5.74) is 3.12. The van der Waals surface area contributed by atoms with E-state index in [0.717, 1.165) is 16.7 Å². The molecule has 124 valence electrons. The zero-order chi connectivity index (χ0) is 17.3. The van der Waals surface area contributed by atoms with Gasteiger partial charge < -0.3 is 15.7 Å². The van der Waals surface area contributed by atoms with Crippen molar-refractivity contribution in [3.63, 3.8) is 0 Å². The Labute approximate surface area is 144 Å². The van der Waals surface area contributed by atoms with Crippen LogP contribution in [0.3, 0.4) is 0 Å². The molecule has 1 aliphatic rings. The first kappa shape index (κ1) is 16.5. The zero-order valence-electron chi connectivity index (χ0n) is 13.0. The molecule has 0 aliphatic heterocycles. The fourth-order valence-corrected chi connectivity index (χ4v) is 3.14. The predicted molar refractivity (Wildman–Crippen MR) is 91.9 cm³/mol. The molecule has 1 aliphatic carbocycles. The third-order valence-electron chi connectivity index (χ3n) is 4.07. The van der Waals surface area contributed by atoms with Gasteiger partial charge in [-0.2, -0.15) is 0 Å². The average molecular weight is 345 g/mol. The summed E-state index contributed by atoms with van der Waals surface area (Å²) in [5.74, 6) is -1.63. The minimum absolute atomic E-state index is 0.363. The topological polar surface area (TPSA) is 78.4 Å². The number of hydrogen-bond donors (Lipinski definition) is 3. The summed E-state index contributed by atoms with van der Waals surface area (Å²) in [6.07, 6.45) is -0.297. The quantitative estimate of drug-likeness (QED) is 0.732. The molecule has 0 saturated heterocycles. The Hall–Kier alpha value is -2.37. The molecule has 0 saturated carbocycles. The third-order valence-corrected chi connectivity index (χ3v) is 4.38. The van der Waals surface area contributed by atoms with Gasteiger partial charge in [0.2, 0.25) is 0 Å². The van der Waals surface area contributed by atoms with Crippen molar-refractivity contribution < 1.29 is 14.7 Å². The van der Waals surface area contributed by atoms with Crippen molar-refractivity contribution in [3.8, 4) is 0 Å². The first-order chi connectivity index (χ1) is 11.5. The molecule has 2 atom stereocenters. The first-order valence-electron chi connectivity index (χ1n) is 7.59. The van der Waals surface area contributed by atoms with E-state index in [9.17, 15) is 14.7 Å². The Bertz CT molecular complexity index is 807. The van der Waals surface area contributed by atoms with E-state index in [1.807, 2.05) is 31.2 Å². The average Bonchev–Trinajstić information content (AvgIpc) is 2.86. The van der Waals surface area contributed by atoms with Crippen molar-refractivity contribution >= 4 is 29.1 Å². The Morgan fingerprint density at radius 3 is 2.67 bits per heavy atom. The number of benzene rings is 2. The number of fused-ring (bicyclic) bond motifs is 1. The fraction of sp³-hybridized carbons (Fsp3) is 0.222. The van der Waals surface area contributed by atoms with E-state index in [1.165, 1.54) is 0 Å². The summed E-state index contributed by atoms with van der Waals surface area (Å²) in [4.78, 5) is 24.3. The number of aryl methyl sites for hydroxylation is 1. The highest BCUT2D eigenvalue weighted by Gasteiger charge is 2.33. The highest BCUT2D eigenvalue weighted by atomic mass is 35.5. The van der Waals surface area contributed by atoms with Gasteiger partial charge in [-0.05, 0) is 35.7 Å². The summed E-state index contributed by atoms with van der Waals surface area (Å²) >= 11 is 6.05. The van der Waals surface area contributed by atoms with Gasteiger partial charge >= 0.3 is 11.8 Å². The van der Waals surface area contributed by atoms with Crippen molar-refractivity contribution in [3.05, 3.63) is 64.2 Å². The van der Waals surface area contributed by atoms with E-state index >= 15 is 0 Å². The van der Waals surface area contributed by atoms with Crippen LogP contribution in [0.1, 0.15) is 22.7 Å². The second-order valence-electron chi connectivity index (χ2n) is 5.86. The smallest absolute Gasteiger partial charge is 0.313 e. The molecule has 0 spiro atoms. The maximum Gasteiger partial charge on any atom is 0.313 e. The van der Waals surface area contributed by atoms with Crippen LogP contribution in [0.15, 0.2) is 42.5 Å². The van der Waals surface area contributed by atoms with Gasteiger partial charge in [-0.3, -0.25) is 9.59 Å². The number of rotatable bonds is 2. The van der Waals surface area contributed by atoms with Gasteiger partial charge in [0.1, 0.15) is 0 Å². The lowest BCUT2D eigenvalue weighted by atomic mass is 10.1. The van der Waals surface area contributed by atoms with Gasteiger partial charge in [0.15, 0.2) is 0 Å². The number of nitrogens with one attached hydrogen (secondary N) is 2. The number of aliphatic hydroxyl groups is 1. The minimum atomic E-state index is -0.822. The predicted octanol–water partition coefficient (Wildman–Crippen LogP) is 2.36. The Morgan fingerprint density at radius 1 is 1.17 bits per heavy atom. The van der Waals surface area contributed by atoms with E-state index in [1.54, 1.807) is 18.2 Å². The number of hydrogen-bond acceptors (Lipinski definition) is 3. The van der Waals surface area contributed by atoms with Crippen molar-refractivity contribution in [2.75, 3.05) is 5.32 Å². The lowest BCUT2D eigenvalue weighted by molar-refractivity contribution is -0.137. The molecule has 0 radical (unpaired) electrons. The summed E-state index contributed by atoms with van der Waals surface area (Å²) in [6.45, 7) is 1.88. The van der Waals surface area contributed by atoms with Crippen LogP contribution in [0.4, 0.5) is 5.69 Å². The molecule has 0 aromatic heterocycles. The number of anilines is 1. The maximum atomic E-state index is 12.2. The highest BCUT2D eigenvalue weighted by Crippen LogP contribution is 2.31. The second-order valence-corrected chi connectivity index (χ2v) is 6.27. The lowest BCUT2D eigenvalue weighted by Gasteiger charge is -2.17. The molecular formula is C18H17ClN2O3. The van der Waals surface area contributed by atoms with Crippen molar-refractivity contribution in [2.45, 2.75) is 25.5 Å². The van der Waals surface area contributed by atoms with E-state index < -0.39 is 24.0 Å². The largest absolute Gasteiger partial charge is 0.390 e. The zero-order valence-corrected chi connectivity index (χ0v) is 13.8. The molecule has 2 aromatic carbocycles. The second kappa shape index (κ2) is 6.63. The van der Waals surface area contributed by atoms with Crippen LogP contribution >= 0.6 is 11.6 Å². The van der Waals surface area contributed by atoms with Crippen LogP contribution in [0, 0.1) is 6.92 Å². The molecule has 24 heavy (non-hydrogen) atoms. The van der Waals surface area contributed by atoms with Crippen molar-refractivity contribution in [2.24, 2.45) is 0 Å². The number of amides is 2. The number of aliphatic hydroxyl groups excluding tert-OH is 1. The molecule has 5 nitrogen and oxygen atoms in total. The summed E-state index contributed by atoms with van der Waals surface area (Å²) in [7, 11) is 0. The molecule has 2 amide bonds. The van der Waals surface area contributed by atoms with Crippen LogP contribution in [-0.2, 0) is 16.0 Å². The van der Waals surface area contributed by atoms with Gasteiger partial charge in [-0.25, -0.2) is 0 Å². The Balaban J connectivity index is 1.70. The van der Waals surface area contributed by atoms with Crippen molar-refractivity contribution in [1.29, 1.82) is 0 Å². The molecule has 0 heterocycles. The third kappa shape index (κ3) is 3.27. The number of carbonyl (C=O) groups excluding carboxylic acids is 2. The standard InChI is InChI=1S/C18H17ClN2O3/c1-10-6-7-14(13(19)8-10)20-17(23)18(24)21-16-12-5-3-2-4-11(12)9-15(16)22/h2-8,15-16,22H,9H2,1H3,(H,20,23)(H,21,24). The maximum absolute atomic E-state index is 12.2. The van der Waals surface area contributed by atoms with E-state index in [2.05, 4.69) is 10.6 Å². The van der Waals surface area contributed by atoms with Gasteiger partial charge in [0, 0.05) is 6.42 Å². The van der Waals surface area contributed by atoms with Crippen LogP contribution < -0.4 is 10.6 Å². The van der Waals surface area contributed by atoms with Crippen LogP contribution in [0.25, 0.3) is 0 Å². The Morgan fingerprint density at radius 2 is 1.92 bits per heavy atom. The SMILES string of the molecule is Cc1ccc(NC(=O)C(=O)NC2c3ccccc3CC2O)c(Cl)c1. The lowest BCUT2D eigenvalue weighted by Crippen LogP contribution is -2.40. The van der Waals surface area contributed by atoms with E-state index in [-0.39, 0.29) is 0 Å². The van der Waals surface area contributed by atoms with Crippen LogP contribution in [-0.4, -0.2) is 23.0 Å². The van der Waals surface area contributed by atoms with Gasteiger partial charge in [-0.1, -0.05) is 41.9 Å². The Kier molecular flexibility index (Phi) is 4.55. The van der Waals surface area contributed by atoms with Crippen LogP contribution in [0.5, 0.6) is 0 Å². The summed E-state index contributed by atoms with van der Waals surface area (Å²) in [6, 6.07) is 12.0. The van der Waals surface area contributed by atoms with Crippen molar-refractivity contribution in [1.82, 2.24) is 5.32 Å². The molecular weight excluding hydrogens is 328 g/mol. The monoisotopic (exact) mass is 344 g/mol. The van der Waals surface area contributed by atoms with E-state index in [4.69, 9.17) is 11.6 Å². The molecule has 3 rings (SSSR count). The van der Waals surface area contributed by atoms with E-state index in [0.29, 0.717) is 17.1 Å². The molecule has 0 fully saturated rings.